The lowest BCUT2D eigenvalue weighted by atomic mass is 10.1. The van der Waals surface area contributed by atoms with E-state index in [0.717, 1.165) is 24.2 Å². The molecule has 1 saturated heterocycles. The molecule has 0 spiro atoms. The second-order valence-corrected chi connectivity index (χ2v) is 6.32. The van der Waals surface area contributed by atoms with Crippen molar-refractivity contribution < 1.29 is 0 Å². The van der Waals surface area contributed by atoms with Crippen LogP contribution in [-0.2, 0) is 6.54 Å². The third kappa shape index (κ3) is 3.23. The van der Waals surface area contributed by atoms with Gasteiger partial charge in [-0.1, -0.05) is 40.5 Å². The minimum atomic E-state index is 0.529. The number of hydrogen-bond donors (Lipinski definition) is 0. The fraction of sp³-hybridized carbons (Fsp3) is 0.467. The molecule has 1 atom stereocenters. The lowest BCUT2D eigenvalue weighted by molar-refractivity contribution is 0.282. The van der Waals surface area contributed by atoms with E-state index in [9.17, 15) is 0 Å². The molecular weight excluding hydrogens is 307 g/mol. The van der Waals surface area contributed by atoms with Crippen molar-refractivity contribution in [3.05, 3.63) is 34.4 Å². The quantitative estimate of drug-likeness (QED) is 0.859. The first-order valence-corrected chi connectivity index (χ1v) is 7.95. The van der Waals surface area contributed by atoms with Crippen molar-refractivity contribution in [3.8, 4) is 11.3 Å². The van der Waals surface area contributed by atoms with E-state index in [1.54, 1.807) is 6.07 Å². The van der Waals surface area contributed by atoms with Gasteiger partial charge in [-0.25, -0.2) is 0 Å². The van der Waals surface area contributed by atoms with Crippen molar-refractivity contribution in [2.75, 3.05) is 13.6 Å². The molecule has 1 aliphatic heterocycles. The van der Waals surface area contributed by atoms with Crippen molar-refractivity contribution in [1.29, 1.82) is 0 Å². The molecule has 21 heavy (non-hydrogen) atoms. The second-order valence-electron chi connectivity index (χ2n) is 5.53. The molecule has 1 aromatic carbocycles. The van der Waals surface area contributed by atoms with Crippen molar-refractivity contribution in [2.45, 2.75) is 31.8 Å². The first-order chi connectivity index (χ1) is 10.1. The van der Waals surface area contributed by atoms with Gasteiger partial charge in [-0.2, -0.15) is 0 Å². The number of benzene rings is 1. The van der Waals surface area contributed by atoms with E-state index in [1.807, 2.05) is 23.0 Å². The molecular formula is C15H18Cl2N4. The molecule has 1 fully saturated rings. The molecule has 1 aromatic heterocycles. The first-order valence-electron chi connectivity index (χ1n) is 7.20. The van der Waals surface area contributed by atoms with Gasteiger partial charge >= 0.3 is 0 Å². The number of aryl methyl sites for hydroxylation is 1. The van der Waals surface area contributed by atoms with E-state index in [-0.39, 0.29) is 0 Å². The predicted octanol–water partition coefficient (Wildman–Crippen LogP) is 3.74. The van der Waals surface area contributed by atoms with Crippen LogP contribution in [0, 0.1) is 0 Å². The lowest BCUT2D eigenvalue weighted by Crippen LogP contribution is -2.26. The molecule has 0 aliphatic carbocycles. The molecule has 2 aromatic rings. The molecule has 1 aliphatic rings. The Kier molecular flexibility index (Phi) is 4.48. The molecule has 0 N–H and O–H groups in total. The van der Waals surface area contributed by atoms with Gasteiger partial charge in [0.1, 0.15) is 5.69 Å². The highest BCUT2D eigenvalue weighted by atomic mass is 35.5. The van der Waals surface area contributed by atoms with Crippen LogP contribution in [0.3, 0.4) is 0 Å². The van der Waals surface area contributed by atoms with Crippen LogP contribution < -0.4 is 0 Å². The number of nitrogens with zero attached hydrogens (tertiary/aromatic N) is 4. The summed E-state index contributed by atoms with van der Waals surface area (Å²) in [6.07, 6.45) is 5.61. The number of hydrogen-bond acceptors (Lipinski definition) is 3. The van der Waals surface area contributed by atoms with E-state index in [4.69, 9.17) is 23.2 Å². The van der Waals surface area contributed by atoms with Crippen molar-refractivity contribution in [1.82, 2.24) is 19.9 Å². The predicted molar refractivity (Wildman–Crippen MR) is 85.7 cm³/mol. The highest BCUT2D eigenvalue weighted by Gasteiger charge is 2.20. The molecule has 1 unspecified atom stereocenters. The normalized spacial score (nSPS) is 19.3. The highest BCUT2D eigenvalue weighted by molar-refractivity contribution is 6.43. The molecule has 4 nitrogen and oxygen atoms in total. The summed E-state index contributed by atoms with van der Waals surface area (Å²) in [5.41, 5.74) is 1.59. The third-order valence-electron chi connectivity index (χ3n) is 4.13. The van der Waals surface area contributed by atoms with E-state index in [0.29, 0.717) is 16.1 Å². The maximum atomic E-state index is 6.22. The Labute approximate surface area is 134 Å². The zero-order valence-electron chi connectivity index (χ0n) is 12.0. The first kappa shape index (κ1) is 14.8. The maximum absolute atomic E-state index is 6.22. The highest BCUT2D eigenvalue weighted by Crippen LogP contribution is 2.32. The summed E-state index contributed by atoms with van der Waals surface area (Å²) in [6.45, 7) is 2.07. The van der Waals surface area contributed by atoms with Crippen molar-refractivity contribution in [2.24, 2.45) is 0 Å². The zero-order valence-corrected chi connectivity index (χ0v) is 13.5. The van der Waals surface area contributed by atoms with Crippen LogP contribution >= 0.6 is 23.2 Å². The Bertz CT molecular complexity index is 626. The Hall–Kier alpha value is -1.10. The Morgan fingerprint density at radius 3 is 2.95 bits per heavy atom. The summed E-state index contributed by atoms with van der Waals surface area (Å²) in [5.74, 6) is 0. The van der Waals surface area contributed by atoms with Crippen LogP contribution in [0.1, 0.15) is 19.3 Å². The summed E-state index contributed by atoms with van der Waals surface area (Å²) < 4.78 is 1.89. The molecule has 0 bridgehead atoms. The summed E-state index contributed by atoms with van der Waals surface area (Å²) in [6, 6.07) is 6.21. The van der Waals surface area contributed by atoms with Crippen molar-refractivity contribution in [3.63, 3.8) is 0 Å². The molecule has 0 saturated carbocycles. The fourth-order valence-electron chi connectivity index (χ4n) is 2.86. The minimum Gasteiger partial charge on any atom is -0.303 e. The zero-order chi connectivity index (χ0) is 14.8. The number of rotatable bonds is 4. The van der Waals surface area contributed by atoms with Gasteiger partial charge in [-0.05, 0) is 38.9 Å². The minimum absolute atomic E-state index is 0.529. The van der Waals surface area contributed by atoms with Crippen LogP contribution in [0.4, 0.5) is 0 Å². The Morgan fingerprint density at radius 2 is 2.19 bits per heavy atom. The monoisotopic (exact) mass is 324 g/mol. The summed E-state index contributed by atoms with van der Waals surface area (Å²) in [5, 5.41) is 9.47. The number of likely N-dealkylation sites (tertiary alicyclic amines) is 1. The van der Waals surface area contributed by atoms with E-state index in [1.165, 1.54) is 19.4 Å². The van der Waals surface area contributed by atoms with Gasteiger partial charge in [0.2, 0.25) is 0 Å². The van der Waals surface area contributed by atoms with E-state index >= 15 is 0 Å². The van der Waals surface area contributed by atoms with Crippen LogP contribution in [0.2, 0.25) is 10.0 Å². The summed E-state index contributed by atoms with van der Waals surface area (Å²) in [7, 11) is 2.19. The standard InChI is InChI=1S/C15H18Cl2N4/c1-20-8-3-4-11(20)7-9-21-10-14(18-19-21)12-5-2-6-13(16)15(12)17/h2,5-6,10-11H,3-4,7-9H2,1H3. The number of aromatic nitrogens is 3. The van der Waals surface area contributed by atoms with Gasteiger partial charge in [-0.15, -0.1) is 5.10 Å². The van der Waals surface area contributed by atoms with Gasteiger partial charge < -0.3 is 4.90 Å². The average Bonchev–Trinajstić information content (AvgIpc) is 3.09. The molecule has 0 amide bonds. The van der Waals surface area contributed by atoms with Gasteiger partial charge in [0, 0.05) is 18.2 Å². The molecule has 0 radical (unpaired) electrons. The van der Waals surface area contributed by atoms with Gasteiger partial charge in [0.25, 0.3) is 0 Å². The average molecular weight is 325 g/mol. The fourth-order valence-corrected chi connectivity index (χ4v) is 3.26. The number of halogens is 2. The van der Waals surface area contributed by atoms with Crippen LogP contribution in [0.15, 0.2) is 24.4 Å². The Morgan fingerprint density at radius 1 is 1.33 bits per heavy atom. The van der Waals surface area contributed by atoms with Crippen molar-refractivity contribution >= 4 is 23.2 Å². The SMILES string of the molecule is CN1CCCC1CCn1cc(-c2cccc(Cl)c2Cl)nn1. The molecule has 3 rings (SSSR count). The van der Waals surface area contributed by atoms with E-state index in [2.05, 4.69) is 22.3 Å². The van der Waals surface area contributed by atoms with Crippen LogP contribution in [-0.4, -0.2) is 39.5 Å². The van der Waals surface area contributed by atoms with Gasteiger partial charge in [-0.3, -0.25) is 4.68 Å². The third-order valence-corrected chi connectivity index (χ3v) is 4.95. The van der Waals surface area contributed by atoms with Gasteiger partial charge in [0.05, 0.1) is 16.2 Å². The summed E-state index contributed by atoms with van der Waals surface area (Å²) in [4.78, 5) is 2.42. The maximum Gasteiger partial charge on any atom is 0.114 e. The molecule has 6 heteroatoms. The van der Waals surface area contributed by atoms with Crippen LogP contribution in [0.5, 0.6) is 0 Å². The molecule has 112 valence electrons. The second kappa shape index (κ2) is 6.34. The van der Waals surface area contributed by atoms with Crippen LogP contribution in [0.25, 0.3) is 11.3 Å². The van der Waals surface area contributed by atoms with Gasteiger partial charge in [0.15, 0.2) is 0 Å². The largest absolute Gasteiger partial charge is 0.303 e. The Balaban J connectivity index is 1.70. The lowest BCUT2D eigenvalue weighted by Gasteiger charge is -2.18. The topological polar surface area (TPSA) is 34.0 Å². The van der Waals surface area contributed by atoms with E-state index < -0.39 is 0 Å². The summed E-state index contributed by atoms with van der Waals surface area (Å²) >= 11 is 12.3. The smallest absolute Gasteiger partial charge is 0.114 e. The molecule has 2 heterocycles.